The molecule has 0 spiro atoms. The summed E-state index contributed by atoms with van der Waals surface area (Å²) in [6.07, 6.45) is 7.44. The van der Waals surface area contributed by atoms with Gasteiger partial charge in [0.2, 0.25) is 0 Å². The lowest BCUT2D eigenvalue weighted by Crippen LogP contribution is -2.38. The molecular formula is C13H22N4S. The van der Waals surface area contributed by atoms with Crippen LogP contribution in [0.15, 0.2) is 17.4 Å². The lowest BCUT2D eigenvalue weighted by molar-refractivity contribution is 0.568. The largest absolute Gasteiger partial charge is 0.352 e. The Labute approximate surface area is 114 Å². The minimum Gasteiger partial charge on any atom is -0.352 e. The molecule has 0 aromatic carbocycles. The molecule has 1 saturated heterocycles. The lowest BCUT2D eigenvalue weighted by Gasteiger charge is -2.26. The van der Waals surface area contributed by atoms with E-state index in [0.717, 1.165) is 30.5 Å². The molecule has 5 heteroatoms. The van der Waals surface area contributed by atoms with Gasteiger partial charge in [-0.25, -0.2) is 9.97 Å². The maximum atomic E-state index is 4.42. The Hall–Kier alpha value is -0.810. The van der Waals surface area contributed by atoms with E-state index < -0.39 is 0 Å². The third-order valence-corrected chi connectivity index (χ3v) is 3.96. The van der Waals surface area contributed by atoms with Crippen molar-refractivity contribution in [2.75, 3.05) is 30.8 Å². The van der Waals surface area contributed by atoms with Crippen LogP contribution in [0, 0.1) is 0 Å². The molecule has 1 unspecified atom stereocenters. The molecule has 0 saturated carbocycles. The van der Waals surface area contributed by atoms with Crippen molar-refractivity contribution in [3.8, 4) is 0 Å². The van der Waals surface area contributed by atoms with Gasteiger partial charge in [-0.2, -0.15) is 0 Å². The van der Waals surface area contributed by atoms with Crippen LogP contribution in [0.5, 0.6) is 0 Å². The minimum atomic E-state index is 0.584. The van der Waals surface area contributed by atoms with E-state index in [1.54, 1.807) is 18.1 Å². The molecule has 2 heterocycles. The van der Waals surface area contributed by atoms with Gasteiger partial charge in [0.1, 0.15) is 17.2 Å². The van der Waals surface area contributed by atoms with Crippen molar-refractivity contribution in [1.29, 1.82) is 0 Å². The monoisotopic (exact) mass is 266 g/mol. The highest BCUT2D eigenvalue weighted by Gasteiger charge is 2.25. The van der Waals surface area contributed by atoms with Gasteiger partial charge < -0.3 is 10.2 Å². The Morgan fingerprint density at radius 3 is 3.17 bits per heavy atom. The van der Waals surface area contributed by atoms with Gasteiger partial charge in [0.25, 0.3) is 0 Å². The molecule has 0 radical (unpaired) electrons. The maximum absolute atomic E-state index is 4.42. The Kier molecular flexibility index (Phi) is 5.26. The molecule has 2 rings (SSSR count). The van der Waals surface area contributed by atoms with Crippen LogP contribution in [0.2, 0.25) is 0 Å². The molecule has 1 N–H and O–H groups in total. The first-order valence-corrected chi connectivity index (χ1v) is 7.91. The minimum absolute atomic E-state index is 0.584. The highest BCUT2D eigenvalue weighted by atomic mass is 32.2. The normalized spacial score (nSPS) is 19.4. The van der Waals surface area contributed by atoms with Crippen molar-refractivity contribution in [1.82, 2.24) is 15.3 Å². The van der Waals surface area contributed by atoms with E-state index in [0.29, 0.717) is 6.04 Å². The zero-order chi connectivity index (χ0) is 12.8. The smallest absolute Gasteiger partial charge is 0.133 e. The van der Waals surface area contributed by atoms with E-state index in [1.165, 1.54) is 19.3 Å². The molecule has 100 valence electrons. The first-order valence-electron chi connectivity index (χ1n) is 6.68. The van der Waals surface area contributed by atoms with Gasteiger partial charge in [-0.15, -0.1) is 11.8 Å². The van der Waals surface area contributed by atoms with Crippen LogP contribution in [-0.2, 0) is 0 Å². The molecular weight excluding hydrogens is 244 g/mol. The van der Waals surface area contributed by atoms with Crippen LogP contribution >= 0.6 is 11.8 Å². The second-order valence-electron chi connectivity index (χ2n) is 4.61. The molecule has 1 aromatic rings. The predicted octanol–water partition coefficient (Wildman–Crippen LogP) is 2.17. The predicted molar refractivity (Wildman–Crippen MR) is 77.3 cm³/mol. The van der Waals surface area contributed by atoms with E-state index in [1.807, 2.05) is 0 Å². The number of thioether (sulfide) groups is 1. The van der Waals surface area contributed by atoms with Gasteiger partial charge in [-0.1, -0.05) is 6.92 Å². The molecule has 0 bridgehead atoms. The van der Waals surface area contributed by atoms with Gasteiger partial charge in [0.05, 0.1) is 0 Å². The second kappa shape index (κ2) is 6.95. The Morgan fingerprint density at radius 2 is 2.39 bits per heavy atom. The average molecular weight is 266 g/mol. The van der Waals surface area contributed by atoms with Crippen LogP contribution in [0.1, 0.15) is 26.2 Å². The van der Waals surface area contributed by atoms with Crippen LogP contribution in [-0.4, -0.2) is 41.9 Å². The first kappa shape index (κ1) is 13.6. The van der Waals surface area contributed by atoms with Crippen LogP contribution < -0.4 is 10.2 Å². The molecule has 1 aliphatic rings. The summed E-state index contributed by atoms with van der Waals surface area (Å²) in [5.74, 6) is 1.08. The summed E-state index contributed by atoms with van der Waals surface area (Å²) >= 11 is 1.67. The summed E-state index contributed by atoms with van der Waals surface area (Å²) in [6, 6.07) is 2.68. The third-order valence-electron chi connectivity index (χ3n) is 3.31. The highest BCUT2D eigenvalue weighted by Crippen LogP contribution is 2.25. The summed E-state index contributed by atoms with van der Waals surface area (Å²) < 4.78 is 0. The SMILES string of the molecule is CCCNCC1CCCN1c1cc(SC)ncn1. The zero-order valence-corrected chi connectivity index (χ0v) is 12.0. The molecule has 1 aromatic heterocycles. The number of hydrogen-bond donors (Lipinski definition) is 1. The molecule has 0 aliphatic carbocycles. The first-order chi connectivity index (χ1) is 8.85. The van der Waals surface area contributed by atoms with E-state index in [2.05, 4.69) is 39.4 Å². The summed E-state index contributed by atoms with van der Waals surface area (Å²) in [7, 11) is 0. The van der Waals surface area contributed by atoms with Crippen molar-refractivity contribution in [2.45, 2.75) is 37.3 Å². The van der Waals surface area contributed by atoms with Crippen molar-refractivity contribution in [3.63, 3.8) is 0 Å². The molecule has 4 nitrogen and oxygen atoms in total. The van der Waals surface area contributed by atoms with E-state index in [4.69, 9.17) is 0 Å². The van der Waals surface area contributed by atoms with Crippen molar-refractivity contribution in [2.24, 2.45) is 0 Å². The fourth-order valence-electron chi connectivity index (χ4n) is 2.39. The number of anilines is 1. The topological polar surface area (TPSA) is 41.0 Å². The molecule has 1 atom stereocenters. The Bertz CT molecular complexity index is 372. The fraction of sp³-hybridized carbons (Fsp3) is 0.692. The highest BCUT2D eigenvalue weighted by molar-refractivity contribution is 7.98. The van der Waals surface area contributed by atoms with Crippen molar-refractivity contribution in [3.05, 3.63) is 12.4 Å². The van der Waals surface area contributed by atoms with E-state index in [-0.39, 0.29) is 0 Å². The second-order valence-corrected chi connectivity index (χ2v) is 5.44. The third kappa shape index (κ3) is 3.36. The van der Waals surface area contributed by atoms with Crippen molar-refractivity contribution < 1.29 is 0 Å². The molecule has 18 heavy (non-hydrogen) atoms. The number of aromatic nitrogens is 2. The van der Waals surface area contributed by atoms with E-state index in [9.17, 15) is 0 Å². The van der Waals surface area contributed by atoms with Crippen LogP contribution in [0.25, 0.3) is 0 Å². The molecule has 0 amide bonds. The summed E-state index contributed by atoms with van der Waals surface area (Å²) in [5.41, 5.74) is 0. The number of nitrogens with zero attached hydrogens (tertiary/aromatic N) is 3. The summed E-state index contributed by atoms with van der Waals surface area (Å²) in [4.78, 5) is 11.1. The van der Waals surface area contributed by atoms with Gasteiger partial charge in [0.15, 0.2) is 0 Å². The average Bonchev–Trinajstić information content (AvgIpc) is 2.87. The van der Waals surface area contributed by atoms with Crippen molar-refractivity contribution >= 4 is 17.6 Å². The molecule has 1 aliphatic heterocycles. The number of hydrogen-bond acceptors (Lipinski definition) is 5. The Morgan fingerprint density at radius 1 is 1.50 bits per heavy atom. The van der Waals surface area contributed by atoms with Crippen LogP contribution in [0.3, 0.4) is 0 Å². The zero-order valence-electron chi connectivity index (χ0n) is 11.2. The van der Waals surface area contributed by atoms with Gasteiger partial charge >= 0.3 is 0 Å². The Balaban J connectivity index is 2.01. The maximum Gasteiger partial charge on any atom is 0.133 e. The van der Waals surface area contributed by atoms with Crippen LogP contribution in [0.4, 0.5) is 5.82 Å². The van der Waals surface area contributed by atoms with E-state index >= 15 is 0 Å². The molecule has 1 fully saturated rings. The number of nitrogens with one attached hydrogen (secondary N) is 1. The summed E-state index contributed by atoms with van der Waals surface area (Å²) in [5, 5.41) is 4.56. The lowest BCUT2D eigenvalue weighted by atomic mass is 10.2. The fourth-order valence-corrected chi connectivity index (χ4v) is 2.77. The number of rotatable bonds is 6. The van der Waals surface area contributed by atoms with Gasteiger partial charge in [-0.3, -0.25) is 0 Å². The van der Waals surface area contributed by atoms with Gasteiger partial charge in [0, 0.05) is 25.2 Å². The summed E-state index contributed by atoms with van der Waals surface area (Å²) in [6.45, 7) is 5.48. The standard InChI is InChI=1S/C13H22N4S/c1-3-6-14-9-11-5-4-7-17(11)12-8-13(18-2)16-10-15-12/h8,10-11,14H,3-7,9H2,1-2H3. The van der Waals surface area contributed by atoms with Gasteiger partial charge in [-0.05, 0) is 32.1 Å². The quantitative estimate of drug-likeness (QED) is 0.485.